The first-order chi connectivity index (χ1) is 6.56. The number of carbonyl (C=O) groups is 1. The highest BCUT2D eigenvalue weighted by Crippen LogP contribution is 2.04. The molecule has 5 heteroatoms. The number of amides is 1. The molecule has 0 unspecified atom stereocenters. The Morgan fingerprint density at radius 1 is 1.79 bits per heavy atom. The first kappa shape index (κ1) is 10.3. The van der Waals surface area contributed by atoms with Crippen LogP contribution in [0.2, 0.25) is 0 Å². The summed E-state index contributed by atoms with van der Waals surface area (Å²) >= 11 is 0. The third-order valence-corrected chi connectivity index (χ3v) is 1.88. The van der Waals surface area contributed by atoms with E-state index >= 15 is 0 Å². The Morgan fingerprint density at radius 2 is 2.43 bits per heavy atom. The molecule has 0 aliphatic rings. The van der Waals surface area contributed by atoms with Gasteiger partial charge in [-0.05, 0) is 13.0 Å². The van der Waals surface area contributed by atoms with Crippen LogP contribution in [0.5, 0.6) is 0 Å². The maximum atomic E-state index is 11.7. The van der Waals surface area contributed by atoms with Gasteiger partial charge in [-0.2, -0.15) is 10.4 Å². The van der Waals surface area contributed by atoms with E-state index in [4.69, 9.17) is 5.26 Å². The van der Waals surface area contributed by atoms with Crippen molar-refractivity contribution in [2.75, 3.05) is 13.6 Å². The molecule has 5 nitrogen and oxygen atoms in total. The molecular weight excluding hydrogens is 180 g/mol. The Bertz CT molecular complexity index is 388. The predicted octanol–water partition coefficient (Wildman–Crippen LogP) is 0.324. The number of hydrogen-bond acceptors (Lipinski definition) is 3. The molecule has 1 amide bonds. The molecule has 0 aliphatic heterocycles. The van der Waals surface area contributed by atoms with E-state index in [1.165, 1.54) is 9.58 Å². The van der Waals surface area contributed by atoms with Gasteiger partial charge in [-0.1, -0.05) is 0 Å². The highest BCUT2D eigenvalue weighted by Gasteiger charge is 2.15. The number of nitrogens with zero attached hydrogens (tertiary/aromatic N) is 4. The van der Waals surface area contributed by atoms with E-state index < -0.39 is 0 Å². The average molecular weight is 192 g/mol. The van der Waals surface area contributed by atoms with E-state index in [0.29, 0.717) is 5.69 Å². The van der Waals surface area contributed by atoms with Crippen LogP contribution in [0.3, 0.4) is 0 Å². The van der Waals surface area contributed by atoms with E-state index in [0.717, 1.165) is 5.69 Å². The Morgan fingerprint density at radius 3 is 2.86 bits per heavy atom. The lowest BCUT2D eigenvalue weighted by molar-refractivity contribution is 0.0801. The molecule has 1 rings (SSSR count). The summed E-state index contributed by atoms with van der Waals surface area (Å²) in [5.74, 6) is -0.186. The fourth-order valence-corrected chi connectivity index (χ4v) is 1.18. The number of nitriles is 1. The average Bonchev–Trinajstić information content (AvgIpc) is 2.44. The second-order valence-corrected chi connectivity index (χ2v) is 3.11. The highest BCUT2D eigenvalue weighted by atomic mass is 16.2. The van der Waals surface area contributed by atoms with Gasteiger partial charge in [-0.3, -0.25) is 9.48 Å². The molecule has 0 saturated carbocycles. The zero-order valence-electron chi connectivity index (χ0n) is 8.48. The molecule has 0 fully saturated rings. The van der Waals surface area contributed by atoms with Gasteiger partial charge >= 0.3 is 0 Å². The summed E-state index contributed by atoms with van der Waals surface area (Å²) in [5, 5.41) is 12.5. The molecule has 74 valence electrons. The molecule has 0 saturated heterocycles. The van der Waals surface area contributed by atoms with Crippen molar-refractivity contribution < 1.29 is 4.79 Å². The Balaban J connectivity index is 2.90. The van der Waals surface area contributed by atoms with Crippen LogP contribution in [0, 0.1) is 18.3 Å². The first-order valence-electron chi connectivity index (χ1n) is 4.19. The number of aryl methyl sites for hydroxylation is 2. The molecule has 0 aliphatic carbocycles. The van der Waals surface area contributed by atoms with Crippen LogP contribution in [0.15, 0.2) is 6.07 Å². The lowest BCUT2D eigenvalue weighted by Crippen LogP contribution is -2.28. The van der Waals surface area contributed by atoms with E-state index in [1.807, 2.05) is 13.0 Å². The fourth-order valence-electron chi connectivity index (χ4n) is 1.18. The monoisotopic (exact) mass is 192 g/mol. The second-order valence-electron chi connectivity index (χ2n) is 3.11. The van der Waals surface area contributed by atoms with Crippen LogP contribution in [0.4, 0.5) is 0 Å². The lowest BCUT2D eigenvalue weighted by Gasteiger charge is -2.12. The third kappa shape index (κ3) is 1.91. The summed E-state index contributed by atoms with van der Waals surface area (Å²) < 4.78 is 1.52. The molecule has 14 heavy (non-hydrogen) atoms. The first-order valence-corrected chi connectivity index (χ1v) is 4.19. The van der Waals surface area contributed by atoms with Gasteiger partial charge in [0, 0.05) is 14.1 Å². The zero-order valence-corrected chi connectivity index (χ0v) is 8.48. The summed E-state index contributed by atoms with van der Waals surface area (Å²) in [6, 6.07) is 3.62. The van der Waals surface area contributed by atoms with Crippen LogP contribution in [0.1, 0.15) is 16.2 Å². The molecule has 0 spiro atoms. The molecule has 0 radical (unpaired) electrons. The molecule has 1 aromatic rings. The van der Waals surface area contributed by atoms with Crippen LogP contribution in [-0.2, 0) is 7.05 Å². The van der Waals surface area contributed by atoms with Crippen molar-refractivity contribution in [3.05, 3.63) is 17.5 Å². The maximum Gasteiger partial charge on any atom is 0.272 e. The zero-order chi connectivity index (χ0) is 10.7. The van der Waals surface area contributed by atoms with Crippen molar-refractivity contribution >= 4 is 5.91 Å². The minimum Gasteiger partial charge on any atom is -0.327 e. The summed E-state index contributed by atoms with van der Waals surface area (Å²) in [6.07, 6.45) is 0. The van der Waals surface area contributed by atoms with E-state index in [2.05, 4.69) is 5.10 Å². The fraction of sp³-hybridized carbons (Fsp3) is 0.444. The minimum absolute atomic E-state index is 0.0864. The number of hydrogen-bond donors (Lipinski definition) is 0. The number of aromatic nitrogens is 2. The molecule has 1 aromatic heterocycles. The van der Waals surface area contributed by atoms with Crippen LogP contribution < -0.4 is 0 Å². The van der Waals surface area contributed by atoms with Crippen LogP contribution >= 0.6 is 0 Å². The van der Waals surface area contributed by atoms with Gasteiger partial charge in [0.05, 0.1) is 11.8 Å². The smallest absolute Gasteiger partial charge is 0.272 e. The van der Waals surface area contributed by atoms with Crippen LogP contribution in [-0.4, -0.2) is 34.2 Å². The second kappa shape index (κ2) is 3.92. The van der Waals surface area contributed by atoms with Gasteiger partial charge in [-0.25, -0.2) is 0 Å². The standard InChI is InChI=1S/C9H12N4O/c1-7-6-8(13(3)11-7)9(14)12(2)5-4-10/h6H,5H2,1-3H3. The summed E-state index contributed by atoms with van der Waals surface area (Å²) in [7, 11) is 3.30. The van der Waals surface area contributed by atoms with Crippen molar-refractivity contribution in [1.29, 1.82) is 5.26 Å². The van der Waals surface area contributed by atoms with Crippen molar-refractivity contribution in [2.45, 2.75) is 6.92 Å². The highest BCUT2D eigenvalue weighted by molar-refractivity contribution is 5.92. The van der Waals surface area contributed by atoms with Gasteiger partial charge < -0.3 is 4.90 Å². The molecule has 0 aromatic carbocycles. The molecule has 0 N–H and O–H groups in total. The number of carbonyl (C=O) groups excluding carboxylic acids is 1. The minimum atomic E-state index is -0.186. The maximum absolute atomic E-state index is 11.7. The van der Waals surface area contributed by atoms with Crippen molar-refractivity contribution in [3.8, 4) is 6.07 Å². The summed E-state index contributed by atoms with van der Waals surface area (Å²) in [4.78, 5) is 13.0. The van der Waals surface area contributed by atoms with Crippen molar-refractivity contribution in [1.82, 2.24) is 14.7 Å². The molecule has 1 heterocycles. The van der Waals surface area contributed by atoms with Gasteiger partial charge in [0.15, 0.2) is 0 Å². The van der Waals surface area contributed by atoms with Gasteiger partial charge in [-0.15, -0.1) is 0 Å². The predicted molar refractivity (Wildman–Crippen MR) is 50.5 cm³/mol. The van der Waals surface area contributed by atoms with E-state index in [9.17, 15) is 4.79 Å². The molecule has 0 atom stereocenters. The normalized spacial score (nSPS) is 9.57. The Labute approximate surface area is 82.5 Å². The van der Waals surface area contributed by atoms with Crippen molar-refractivity contribution in [2.24, 2.45) is 7.05 Å². The quantitative estimate of drug-likeness (QED) is 0.634. The summed E-state index contributed by atoms with van der Waals surface area (Å²) in [5.41, 5.74) is 1.29. The molecule has 0 bridgehead atoms. The number of rotatable bonds is 2. The lowest BCUT2D eigenvalue weighted by atomic mass is 10.3. The Hall–Kier alpha value is -1.83. The van der Waals surface area contributed by atoms with Crippen molar-refractivity contribution in [3.63, 3.8) is 0 Å². The Kier molecular flexibility index (Phi) is 2.87. The largest absolute Gasteiger partial charge is 0.327 e. The topological polar surface area (TPSA) is 61.9 Å². The van der Waals surface area contributed by atoms with Gasteiger partial charge in [0.1, 0.15) is 12.2 Å². The van der Waals surface area contributed by atoms with Crippen LogP contribution in [0.25, 0.3) is 0 Å². The van der Waals surface area contributed by atoms with E-state index in [1.54, 1.807) is 20.2 Å². The third-order valence-electron chi connectivity index (χ3n) is 1.88. The molecular formula is C9H12N4O. The SMILES string of the molecule is Cc1cc(C(=O)N(C)CC#N)n(C)n1. The van der Waals surface area contributed by atoms with E-state index in [-0.39, 0.29) is 12.5 Å². The summed E-state index contributed by atoms with van der Waals surface area (Å²) in [6.45, 7) is 1.91. The van der Waals surface area contributed by atoms with Gasteiger partial charge in [0.25, 0.3) is 5.91 Å². The van der Waals surface area contributed by atoms with Gasteiger partial charge in [0.2, 0.25) is 0 Å².